The summed E-state index contributed by atoms with van der Waals surface area (Å²) < 4.78 is 21.0. The van der Waals surface area contributed by atoms with Gasteiger partial charge < -0.3 is 24.8 Å². The summed E-state index contributed by atoms with van der Waals surface area (Å²) in [6.45, 7) is 5.53. The standard InChI is InChI=1S/C15H17ClFN3O.2C2H4O2/c16-13-9-11(1-2-14(13)17)15-19-4-7-20(15)6-3-12-10-18-5-8-21-12;2*1-2(3)4/h1-2,4,7,9,12,18H,3,5-6,8,10H2;2*1H3,(H,3,4). The Balaban J connectivity index is 0.000000452. The lowest BCUT2D eigenvalue weighted by Gasteiger charge is -2.23. The van der Waals surface area contributed by atoms with E-state index in [2.05, 4.69) is 10.3 Å². The van der Waals surface area contributed by atoms with Gasteiger partial charge in [0, 0.05) is 51.4 Å². The van der Waals surface area contributed by atoms with Crippen LogP contribution in [0, 0.1) is 5.82 Å². The molecule has 2 aromatic rings. The molecule has 1 saturated heterocycles. The molecule has 1 atom stereocenters. The van der Waals surface area contributed by atoms with Gasteiger partial charge in [0.25, 0.3) is 11.9 Å². The van der Waals surface area contributed by atoms with Crippen molar-refractivity contribution in [1.82, 2.24) is 14.9 Å². The van der Waals surface area contributed by atoms with Gasteiger partial charge in [0.1, 0.15) is 11.6 Å². The number of carboxylic acid groups (broad SMARTS) is 2. The Labute approximate surface area is 173 Å². The minimum absolute atomic E-state index is 0.113. The van der Waals surface area contributed by atoms with Crippen molar-refractivity contribution in [3.8, 4) is 11.4 Å². The van der Waals surface area contributed by atoms with E-state index >= 15 is 0 Å². The van der Waals surface area contributed by atoms with Crippen molar-refractivity contribution in [1.29, 1.82) is 0 Å². The first-order chi connectivity index (χ1) is 13.7. The Morgan fingerprint density at radius 3 is 2.55 bits per heavy atom. The molecule has 1 aliphatic heterocycles. The van der Waals surface area contributed by atoms with E-state index in [4.69, 9.17) is 36.1 Å². The van der Waals surface area contributed by atoms with E-state index in [1.807, 2.05) is 10.8 Å². The van der Waals surface area contributed by atoms with Crippen molar-refractivity contribution >= 4 is 23.5 Å². The van der Waals surface area contributed by atoms with E-state index in [0.29, 0.717) is 0 Å². The number of benzene rings is 1. The fourth-order valence-corrected chi connectivity index (χ4v) is 2.65. The number of aliphatic carboxylic acids is 2. The maximum atomic E-state index is 13.2. The number of halogens is 2. The number of hydrogen-bond acceptors (Lipinski definition) is 5. The van der Waals surface area contributed by atoms with E-state index in [9.17, 15) is 4.39 Å². The Kier molecular flexibility index (Phi) is 10.9. The van der Waals surface area contributed by atoms with Gasteiger partial charge in [0.2, 0.25) is 0 Å². The number of morpholine rings is 1. The van der Waals surface area contributed by atoms with Crippen LogP contribution < -0.4 is 5.32 Å². The van der Waals surface area contributed by atoms with Gasteiger partial charge >= 0.3 is 0 Å². The molecule has 0 aliphatic carbocycles. The first-order valence-electron chi connectivity index (χ1n) is 8.88. The van der Waals surface area contributed by atoms with Gasteiger partial charge in [-0.15, -0.1) is 0 Å². The van der Waals surface area contributed by atoms with Crippen molar-refractivity contribution in [2.45, 2.75) is 32.9 Å². The van der Waals surface area contributed by atoms with Crippen molar-refractivity contribution in [2.24, 2.45) is 0 Å². The van der Waals surface area contributed by atoms with E-state index < -0.39 is 17.8 Å². The van der Waals surface area contributed by atoms with Gasteiger partial charge in [-0.3, -0.25) is 9.59 Å². The highest BCUT2D eigenvalue weighted by Gasteiger charge is 2.14. The number of hydrogen-bond donors (Lipinski definition) is 3. The lowest BCUT2D eigenvalue weighted by molar-refractivity contribution is -0.135. The average Bonchev–Trinajstić information content (AvgIpc) is 3.11. The molecule has 1 unspecified atom stereocenters. The zero-order valence-corrected chi connectivity index (χ0v) is 17.0. The predicted octanol–water partition coefficient (Wildman–Crippen LogP) is 2.90. The highest BCUT2D eigenvalue weighted by atomic mass is 35.5. The van der Waals surface area contributed by atoms with Crippen molar-refractivity contribution < 1.29 is 28.9 Å². The lowest BCUT2D eigenvalue weighted by Crippen LogP contribution is -2.38. The molecular formula is C19H25ClFN3O5. The van der Waals surface area contributed by atoms with Crippen LogP contribution in [0.1, 0.15) is 20.3 Å². The topological polar surface area (TPSA) is 114 Å². The van der Waals surface area contributed by atoms with Crippen LogP contribution in [0.15, 0.2) is 30.6 Å². The Morgan fingerprint density at radius 1 is 1.34 bits per heavy atom. The first kappa shape index (κ1) is 24.5. The zero-order valence-electron chi connectivity index (χ0n) is 16.3. The van der Waals surface area contributed by atoms with Crippen LogP contribution in [-0.4, -0.2) is 57.5 Å². The third-order valence-electron chi connectivity index (χ3n) is 3.59. The molecule has 1 aromatic carbocycles. The minimum atomic E-state index is -0.833. The molecule has 1 aliphatic rings. The summed E-state index contributed by atoms with van der Waals surface area (Å²) in [5.74, 6) is -1.29. The van der Waals surface area contributed by atoms with Crippen LogP contribution in [0.4, 0.5) is 4.39 Å². The summed E-state index contributed by atoms with van der Waals surface area (Å²) in [5.41, 5.74) is 0.814. The number of nitrogens with one attached hydrogen (secondary N) is 1. The second-order valence-corrected chi connectivity index (χ2v) is 6.50. The van der Waals surface area contributed by atoms with Crippen LogP contribution in [0.3, 0.4) is 0 Å². The predicted molar refractivity (Wildman–Crippen MR) is 106 cm³/mol. The van der Waals surface area contributed by atoms with Crippen molar-refractivity contribution in [3.05, 3.63) is 41.4 Å². The fourth-order valence-electron chi connectivity index (χ4n) is 2.47. The van der Waals surface area contributed by atoms with E-state index in [1.54, 1.807) is 18.3 Å². The highest BCUT2D eigenvalue weighted by molar-refractivity contribution is 6.31. The van der Waals surface area contributed by atoms with Crippen molar-refractivity contribution in [3.63, 3.8) is 0 Å². The van der Waals surface area contributed by atoms with Crippen LogP contribution >= 0.6 is 11.6 Å². The summed E-state index contributed by atoms with van der Waals surface area (Å²) >= 11 is 5.84. The first-order valence-corrected chi connectivity index (χ1v) is 9.26. The Morgan fingerprint density at radius 2 is 2.00 bits per heavy atom. The van der Waals surface area contributed by atoms with Gasteiger partial charge in [-0.25, -0.2) is 9.37 Å². The van der Waals surface area contributed by atoms with Crippen LogP contribution in [-0.2, 0) is 20.9 Å². The maximum absolute atomic E-state index is 13.2. The van der Waals surface area contributed by atoms with Gasteiger partial charge in [-0.2, -0.15) is 0 Å². The van der Waals surface area contributed by atoms with Crippen LogP contribution in [0.25, 0.3) is 11.4 Å². The molecule has 1 aromatic heterocycles. The molecule has 29 heavy (non-hydrogen) atoms. The molecule has 3 N–H and O–H groups in total. The Hall–Kier alpha value is -2.49. The number of aromatic nitrogens is 2. The smallest absolute Gasteiger partial charge is 0.300 e. The van der Waals surface area contributed by atoms with E-state index in [-0.39, 0.29) is 11.1 Å². The van der Waals surface area contributed by atoms with Gasteiger partial charge in [0.05, 0.1) is 17.7 Å². The molecular weight excluding hydrogens is 405 g/mol. The molecule has 0 spiro atoms. The molecule has 3 rings (SSSR count). The third kappa shape index (κ3) is 10.0. The molecule has 160 valence electrons. The Bertz CT molecular complexity index is 774. The molecule has 1 fully saturated rings. The number of ether oxygens (including phenoxy) is 1. The zero-order chi connectivity index (χ0) is 21.8. The molecule has 0 radical (unpaired) electrons. The second-order valence-electron chi connectivity index (χ2n) is 6.10. The summed E-state index contributed by atoms with van der Waals surface area (Å²) in [7, 11) is 0. The second kappa shape index (κ2) is 12.9. The summed E-state index contributed by atoms with van der Waals surface area (Å²) in [6.07, 6.45) is 4.80. The summed E-state index contributed by atoms with van der Waals surface area (Å²) in [4.78, 5) is 22.3. The minimum Gasteiger partial charge on any atom is -0.481 e. The average molecular weight is 430 g/mol. The van der Waals surface area contributed by atoms with Crippen molar-refractivity contribution in [2.75, 3.05) is 19.7 Å². The third-order valence-corrected chi connectivity index (χ3v) is 3.88. The molecule has 8 nitrogen and oxygen atoms in total. The van der Waals surface area contributed by atoms with Crippen LogP contribution in [0.5, 0.6) is 0 Å². The number of carboxylic acids is 2. The SMILES string of the molecule is CC(=O)O.CC(=O)O.Fc1ccc(-c2nccn2CCC2CNCCO2)cc1Cl. The fraction of sp³-hybridized carbons (Fsp3) is 0.421. The largest absolute Gasteiger partial charge is 0.481 e. The molecule has 0 bridgehead atoms. The van der Waals surface area contributed by atoms with Gasteiger partial charge in [-0.1, -0.05) is 11.6 Å². The normalized spacial score (nSPS) is 15.4. The van der Waals surface area contributed by atoms with Gasteiger partial charge in [-0.05, 0) is 24.6 Å². The molecule has 2 heterocycles. The monoisotopic (exact) mass is 429 g/mol. The number of carbonyl (C=O) groups is 2. The number of rotatable bonds is 4. The molecule has 0 amide bonds. The number of nitrogens with zero attached hydrogens (tertiary/aromatic N) is 2. The molecule has 10 heteroatoms. The summed E-state index contributed by atoms with van der Waals surface area (Å²) in [5, 5.41) is 18.3. The maximum Gasteiger partial charge on any atom is 0.300 e. The van der Waals surface area contributed by atoms with Crippen LogP contribution in [0.2, 0.25) is 5.02 Å². The van der Waals surface area contributed by atoms with E-state index in [0.717, 1.165) is 57.9 Å². The quantitative estimate of drug-likeness (QED) is 0.684. The number of imidazole rings is 1. The summed E-state index contributed by atoms with van der Waals surface area (Å²) in [6, 6.07) is 4.66. The molecule has 0 saturated carbocycles. The lowest BCUT2D eigenvalue weighted by atomic mass is 10.2. The van der Waals surface area contributed by atoms with E-state index in [1.165, 1.54) is 6.07 Å². The number of aryl methyl sites for hydroxylation is 1. The van der Waals surface area contributed by atoms with Gasteiger partial charge in [0.15, 0.2) is 0 Å². The highest BCUT2D eigenvalue weighted by Crippen LogP contribution is 2.24.